The van der Waals surface area contributed by atoms with Crippen molar-refractivity contribution in [3.8, 4) is 11.4 Å². The average Bonchev–Trinajstić information content (AvgIpc) is 4.16. The highest BCUT2D eigenvalue weighted by molar-refractivity contribution is 6.19. The van der Waals surface area contributed by atoms with Gasteiger partial charge in [0.15, 0.2) is 0 Å². The molecule has 14 aromatic rings. The minimum atomic E-state index is -0.0857. The summed E-state index contributed by atoms with van der Waals surface area (Å²) in [5.74, 6) is 1.88. The van der Waals surface area contributed by atoms with Crippen LogP contribution in [-0.4, -0.2) is 37.0 Å². The monoisotopic (exact) mass is 856 g/mol. The summed E-state index contributed by atoms with van der Waals surface area (Å²) < 4.78 is 14.1. The molecule has 8 aromatic carbocycles. The van der Waals surface area contributed by atoms with Gasteiger partial charge in [-0.3, -0.25) is 17.9 Å². The molecule has 66 heavy (non-hydrogen) atoms. The van der Waals surface area contributed by atoms with E-state index in [1.807, 2.05) is 0 Å². The first kappa shape index (κ1) is 38.4. The quantitative estimate of drug-likeness (QED) is 0.174. The second-order valence-electron chi connectivity index (χ2n) is 19.5. The predicted octanol–water partition coefficient (Wildman–Crippen LogP) is 14.6. The first-order valence-electron chi connectivity index (χ1n) is 22.9. The summed E-state index contributed by atoms with van der Waals surface area (Å²) in [6.45, 7) is 13.7. The second-order valence-corrected chi connectivity index (χ2v) is 19.5. The smallest absolute Gasteiger partial charge is 0.220 e. The summed E-state index contributed by atoms with van der Waals surface area (Å²) in [6, 6.07) is 64.5. The maximum Gasteiger partial charge on any atom is 0.220 e. The highest BCUT2D eigenvalue weighted by atomic mass is 15.2. The highest BCUT2D eigenvalue weighted by Crippen LogP contribution is 2.42. The average molecular weight is 857 g/mol. The van der Waals surface area contributed by atoms with Crippen LogP contribution in [-0.2, 0) is 11.1 Å². The Bertz CT molecular complexity index is 4190. The Kier molecular flexibility index (Phi) is 7.97. The third-order valence-corrected chi connectivity index (χ3v) is 13.4. The van der Waals surface area contributed by atoms with Crippen LogP contribution in [0.3, 0.4) is 0 Å². The van der Waals surface area contributed by atoms with Crippen molar-refractivity contribution in [3.05, 3.63) is 182 Å². The van der Waals surface area contributed by atoms with Crippen LogP contribution in [0.25, 0.3) is 111 Å². The molecule has 0 spiro atoms. The molecule has 8 heteroatoms. The third-order valence-electron chi connectivity index (χ3n) is 13.4. The standard InChI is InChI=1S/2C29H24N4/c1-29(2,3)33-23-14-8-7-13-20(23)21-17-18-22-27(26(21)33)32-25-16-10-9-15-24(25)31(28(32)30-22)19-11-5-4-6-12-19;1-29(2,3)33-22-14-8-7-13-20(22)21-17-18-25-26(27(21)33)30-28-31(19-11-5-4-6-12-19)23-15-9-10-16-24(23)32(25)28/h2*4-18H,1-3H3. The molecule has 0 aliphatic carbocycles. The van der Waals surface area contributed by atoms with E-state index >= 15 is 0 Å². The van der Waals surface area contributed by atoms with E-state index in [-0.39, 0.29) is 11.1 Å². The molecular weight excluding hydrogens is 809 g/mol. The molecule has 0 amide bonds. The lowest BCUT2D eigenvalue weighted by atomic mass is 10.1. The van der Waals surface area contributed by atoms with E-state index in [1.54, 1.807) is 0 Å². The Morgan fingerprint density at radius 3 is 1.29 bits per heavy atom. The Morgan fingerprint density at radius 2 is 0.742 bits per heavy atom. The van der Waals surface area contributed by atoms with Gasteiger partial charge in [-0.15, -0.1) is 0 Å². The number of benzene rings is 8. The van der Waals surface area contributed by atoms with E-state index in [2.05, 4.69) is 251 Å². The van der Waals surface area contributed by atoms with E-state index in [0.29, 0.717) is 0 Å². The number of para-hydroxylation sites is 8. The topological polar surface area (TPSA) is 54.3 Å². The largest absolute Gasteiger partial charge is 0.333 e. The molecule has 0 saturated heterocycles. The van der Waals surface area contributed by atoms with Crippen molar-refractivity contribution < 1.29 is 0 Å². The molecule has 0 unspecified atom stereocenters. The zero-order chi connectivity index (χ0) is 44.6. The van der Waals surface area contributed by atoms with Crippen molar-refractivity contribution in [2.24, 2.45) is 0 Å². The summed E-state index contributed by atoms with van der Waals surface area (Å²) in [4.78, 5) is 10.5. The fourth-order valence-electron chi connectivity index (χ4n) is 10.9. The predicted molar refractivity (Wildman–Crippen MR) is 275 cm³/mol. The molecule has 0 atom stereocenters. The van der Waals surface area contributed by atoms with Gasteiger partial charge in [0.2, 0.25) is 11.6 Å². The van der Waals surface area contributed by atoms with E-state index in [4.69, 9.17) is 9.97 Å². The van der Waals surface area contributed by atoms with Crippen LogP contribution >= 0.6 is 0 Å². The lowest BCUT2D eigenvalue weighted by molar-refractivity contribution is 0.423. The van der Waals surface area contributed by atoms with Gasteiger partial charge in [-0.25, -0.2) is 9.97 Å². The van der Waals surface area contributed by atoms with Crippen LogP contribution < -0.4 is 0 Å². The highest BCUT2D eigenvalue weighted by Gasteiger charge is 2.28. The number of hydrogen-bond acceptors (Lipinski definition) is 2. The summed E-state index contributed by atoms with van der Waals surface area (Å²) in [6.07, 6.45) is 0. The van der Waals surface area contributed by atoms with Crippen LogP contribution in [0, 0.1) is 0 Å². The fourth-order valence-corrected chi connectivity index (χ4v) is 10.9. The SMILES string of the molecule is CC(C)(C)n1c2ccccc2c2ccc3c(nc4n(-c5ccccc5)c5ccccc5n34)c21.CC(C)(C)n1c2ccccc2c2ccc3nc4n(-c5ccccc5)c5ccccc5n4c3c21. The minimum Gasteiger partial charge on any atom is -0.333 e. The van der Waals surface area contributed by atoms with Gasteiger partial charge in [-0.2, -0.15) is 0 Å². The molecule has 0 saturated carbocycles. The first-order valence-corrected chi connectivity index (χ1v) is 22.9. The maximum absolute atomic E-state index is 5.33. The number of nitrogens with zero attached hydrogens (tertiary/aromatic N) is 8. The van der Waals surface area contributed by atoms with Crippen LogP contribution in [0.4, 0.5) is 0 Å². The summed E-state index contributed by atoms with van der Waals surface area (Å²) in [5.41, 5.74) is 16.0. The van der Waals surface area contributed by atoms with Gasteiger partial charge in [-0.05, 0) is 126 Å². The number of imidazole rings is 4. The summed E-state index contributed by atoms with van der Waals surface area (Å²) in [7, 11) is 0. The van der Waals surface area contributed by atoms with Gasteiger partial charge >= 0.3 is 0 Å². The molecule has 0 aliphatic rings. The zero-order valence-corrected chi connectivity index (χ0v) is 37.9. The van der Waals surface area contributed by atoms with Crippen molar-refractivity contribution >= 4 is 99.3 Å². The van der Waals surface area contributed by atoms with E-state index in [1.165, 1.54) is 49.1 Å². The second kappa shape index (κ2) is 13.7. The normalized spacial score (nSPS) is 12.7. The third kappa shape index (κ3) is 5.32. The Balaban J connectivity index is 0.000000132. The molecule has 0 fully saturated rings. The molecular formula is C58H48N8. The van der Waals surface area contributed by atoms with Crippen molar-refractivity contribution in [1.82, 2.24) is 37.0 Å². The van der Waals surface area contributed by atoms with Gasteiger partial charge in [0.05, 0.1) is 49.7 Å². The van der Waals surface area contributed by atoms with Crippen molar-refractivity contribution in [2.45, 2.75) is 52.6 Å². The lowest BCUT2D eigenvalue weighted by Crippen LogP contribution is -2.21. The van der Waals surface area contributed by atoms with Crippen molar-refractivity contribution in [3.63, 3.8) is 0 Å². The van der Waals surface area contributed by atoms with Gasteiger partial charge in [0, 0.05) is 55.0 Å². The van der Waals surface area contributed by atoms with Crippen molar-refractivity contribution in [1.29, 1.82) is 0 Å². The van der Waals surface area contributed by atoms with Crippen LogP contribution in [0.2, 0.25) is 0 Å². The molecule has 320 valence electrons. The molecule has 8 nitrogen and oxygen atoms in total. The van der Waals surface area contributed by atoms with Crippen LogP contribution in [0.1, 0.15) is 41.5 Å². The van der Waals surface area contributed by atoms with Crippen LogP contribution in [0.15, 0.2) is 182 Å². The van der Waals surface area contributed by atoms with E-state index in [0.717, 1.165) is 61.5 Å². The Labute approximate surface area is 380 Å². The lowest BCUT2D eigenvalue weighted by Gasteiger charge is -2.24. The van der Waals surface area contributed by atoms with Gasteiger partial charge < -0.3 is 9.13 Å². The zero-order valence-electron chi connectivity index (χ0n) is 37.9. The van der Waals surface area contributed by atoms with E-state index in [9.17, 15) is 0 Å². The molecule has 6 heterocycles. The Hall–Kier alpha value is -8.10. The number of hydrogen-bond donors (Lipinski definition) is 0. The minimum absolute atomic E-state index is 0.0826. The fraction of sp³-hybridized carbons (Fsp3) is 0.138. The van der Waals surface area contributed by atoms with Gasteiger partial charge in [-0.1, -0.05) is 97.1 Å². The van der Waals surface area contributed by atoms with Crippen LogP contribution in [0.5, 0.6) is 0 Å². The molecule has 0 N–H and O–H groups in total. The van der Waals surface area contributed by atoms with Crippen molar-refractivity contribution in [2.75, 3.05) is 0 Å². The Morgan fingerprint density at radius 1 is 0.318 bits per heavy atom. The molecule has 6 aromatic heterocycles. The number of fused-ring (bicyclic) bond motifs is 18. The molecule has 0 radical (unpaired) electrons. The summed E-state index contributed by atoms with van der Waals surface area (Å²) >= 11 is 0. The number of rotatable bonds is 2. The molecule has 0 bridgehead atoms. The first-order chi connectivity index (χ1) is 32.1. The maximum atomic E-state index is 5.33. The molecule has 0 aliphatic heterocycles. The van der Waals surface area contributed by atoms with Gasteiger partial charge in [0.1, 0.15) is 5.52 Å². The number of aromatic nitrogens is 8. The summed E-state index contributed by atoms with van der Waals surface area (Å²) in [5, 5.41) is 5.08. The van der Waals surface area contributed by atoms with Gasteiger partial charge in [0.25, 0.3) is 0 Å². The van der Waals surface area contributed by atoms with E-state index < -0.39 is 0 Å². The molecule has 14 rings (SSSR count).